The maximum Gasteiger partial charge on any atom is 0.266 e. The first-order valence-electron chi connectivity index (χ1n) is 7.89. The van der Waals surface area contributed by atoms with Crippen molar-refractivity contribution in [2.45, 2.75) is 6.61 Å². The normalized spacial score (nSPS) is 17.2. The van der Waals surface area contributed by atoms with Crippen molar-refractivity contribution in [2.24, 2.45) is 4.99 Å². The van der Waals surface area contributed by atoms with Crippen LogP contribution in [-0.4, -0.2) is 30.1 Å². The molecule has 2 aromatic carbocycles. The molecular weight excluding hydrogens is 701 g/mol. The van der Waals surface area contributed by atoms with Gasteiger partial charge in [0.2, 0.25) is 0 Å². The molecule has 1 aliphatic rings. The number of carbonyl (C=O) groups excluding carboxylic acids is 1. The number of likely N-dealkylation sites (N-methyl/N-ethyl adjacent to an activating group) is 1. The average Bonchev–Trinajstić information content (AvgIpc) is 2.90. The molecule has 0 aliphatic carbocycles. The molecule has 140 valence electrons. The number of hydrogen-bond acceptors (Lipinski definition) is 4. The van der Waals surface area contributed by atoms with Gasteiger partial charge in [-0.2, -0.15) is 0 Å². The number of amidine groups is 1. The van der Waals surface area contributed by atoms with Crippen molar-refractivity contribution in [3.8, 4) is 5.75 Å². The minimum atomic E-state index is -0.0235. The smallest absolute Gasteiger partial charge is 0.266 e. The molecule has 2 aromatic rings. The predicted octanol–water partition coefficient (Wildman–Crippen LogP) is 5.61. The minimum Gasteiger partial charge on any atom is -0.487 e. The first-order chi connectivity index (χ1) is 12.9. The highest BCUT2D eigenvalue weighted by Gasteiger charge is 2.29. The summed E-state index contributed by atoms with van der Waals surface area (Å²) in [6.45, 7) is 0.527. The van der Waals surface area contributed by atoms with Crippen LogP contribution in [0, 0.1) is 10.7 Å². The monoisotopic (exact) mass is 716 g/mol. The fourth-order valence-electron chi connectivity index (χ4n) is 2.44. The van der Waals surface area contributed by atoms with Gasteiger partial charge in [0.25, 0.3) is 5.91 Å². The van der Waals surface area contributed by atoms with E-state index < -0.39 is 0 Å². The van der Waals surface area contributed by atoms with Crippen molar-refractivity contribution in [3.63, 3.8) is 0 Å². The molecule has 1 heterocycles. The van der Waals surface area contributed by atoms with E-state index in [0.29, 0.717) is 16.7 Å². The highest BCUT2D eigenvalue weighted by Crippen LogP contribution is 2.34. The molecule has 0 N–H and O–H groups in total. The second-order valence-electron chi connectivity index (χ2n) is 5.71. The quantitative estimate of drug-likeness (QED) is 0.306. The Labute approximate surface area is 203 Å². The zero-order valence-corrected chi connectivity index (χ0v) is 21.8. The lowest BCUT2D eigenvalue weighted by molar-refractivity contribution is -0.121. The van der Waals surface area contributed by atoms with Gasteiger partial charge in [0.1, 0.15) is 12.4 Å². The first-order valence-corrected chi connectivity index (χ1v) is 11.9. The van der Waals surface area contributed by atoms with Crippen LogP contribution in [-0.2, 0) is 11.4 Å². The number of thioether (sulfide) groups is 1. The van der Waals surface area contributed by atoms with Gasteiger partial charge in [0, 0.05) is 17.7 Å². The summed E-state index contributed by atoms with van der Waals surface area (Å²) < 4.78 is 9.30. The lowest BCUT2D eigenvalue weighted by Crippen LogP contribution is -2.23. The highest BCUT2D eigenvalue weighted by molar-refractivity contribution is 14.1. The maximum atomic E-state index is 12.3. The molecule has 3 rings (SSSR count). The van der Waals surface area contributed by atoms with Gasteiger partial charge in [-0.15, -0.1) is 0 Å². The van der Waals surface area contributed by atoms with E-state index in [9.17, 15) is 4.79 Å². The molecule has 27 heavy (non-hydrogen) atoms. The molecular formula is C19H15I3N2O2S. The number of aliphatic imine (C=N–C) groups is 1. The summed E-state index contributed by atoms with van der Waals surface area (Å²) in [5.41, 5.74) is 2.11. The van der Waals surface area contributed by atoms with E-state index >= 15 is 0 Å². The third-order valence-electron chi connectivity index (χ3n) is 3.81. The fraction of sp³-hybridized carbons (Fsp3) is 0.158. The van der Waals surface area contributed by atoms with Gasteiger partial charge in [0.15, 0.2) is 5.17 Å². The summed E-state index contributed by atoms with van der Waals surface area (Å²) in [6.07, 6.45) is 1.91. The molecule has 0 radical (unpaired) electrons. The van der Waals surface area contributed by atoms with Crippen molar-refractivity contribution in [1.82, 2.24) is 4.90 Å². The predicted molar refractivity (Wildman–Crippen MR) is 137 cm³/mol. The van der Waals surface area contributed by atoms with Crippen LogP contribution >= 0.6 is 79.5 Å². The Morgan fingerprint density at radius 2 is 1.78 bits per heavy atom. The molecule has 8 heteroatoms. The Hall–Kier alpha value is -0.340. The van der Waals surface area contributed by atoms with E-state index in [-0.39, 0.29) is 5.91 Å². The third-order valence-corrected chi connectivity index (χ3v) is 7.28. The van der Waals surface area contributed by atoms with Crippen LogP contribution in [0.4, 0.5) is 0 Å². The highest BCUT2D eigenvalue weighted by atomic mass is 127. The van der Waals surface area contributed by atoms with Gasteiger partial charge in [-0.1, -0.05) is 12.1 Å². The summed E-state index contributed by atoms with van der Waals surface area (Å²) in [4.78, 5) is 18.7. The number of ether oxygens (including phenoxy) is 1. The van der Waals surface area contributed by atoms with Crippen molar-refractivity contribution in [1.29, 1.82) is 0 Å². The zero-order valence-electron chi connectivity index (χ0n) is 14.5. The summed E-state index contributed by atoms with van der Waals surface area (Å²) >= 11 is 8.25. The van der Waals surface area contributed by atoms with Crippen LogP contribution < -0.4 is 4.74 Å². The van der Waals surface area contributed by atoms with Gasteiger partial charge in [-0.3, -0.25) is 14.7 Å². The molecule has 1 saturated heterocycles. The Bertz CT molecular complexity index is 919. The van der Waals surface area contributed by atoms with Gasteiger partial charge < -0.3 is 4.74 Å². The maximum absolute atomic E-state index is 12.3. The van der Waals surface area contributed by atoms with Crippen LogP contribution in [0.5, 0.6) is 5.75 Å². The van der Waals surface area contributed by atoms with E-state index in [1.807, 2.05) is 18.2 Å². The summed E-state index contributed by atoms with van der Waals surface area (Å²) in [5, 5.41) is 0.716. The largest absolute Gasteiger partial charge is 0.487 e. The number of rotatable bonds is 4. The SMILES string of the molecule is CN=C1S/C(=C\c2cc(I)c(OCc3ccc(I)cc3)c(I)c2)C(=O)N1C. The van der Waals surface area contributed by atoms with E-state index in [4.69, 9.17) is 4.74 Å². The van der Waals surface area contributed by atoms with Crippen molar-refractivity contribution in [2.75, 3.05) is 14.1 Å². The molecule has 0 spiro atoms. The Balaban J connectivity index is 1.80. The van der Waals surface area contributed by atoms with Gasteiger partial charge in [-0.25, -0.2) is 0 Å². The minimum absolute atomic E-state index is 0.0235. The van der Waals surface area contributed by atoms with E-state index in [1.165, 1.54) is 15.3 Å². The number of amides is 1. The third kappa shape index (κ3) is 5.18. The lowest BCUT2D eigenvalue weighted by Gasteiger charge is -2.12. The van der Waals surface area contributed by atoms with Gasteiger partial charge >= 0.3 is 0 Å². The fourth-order valence-corrected chi connectivity index (χ4v) is 5.85. The molecule has 0 saturated carbocycles. The van der Waals surface area contributed by atoms with E-state index in [1.54, 1.807) is 19.0 Å². The molecule has 0 atom stereocenters. The molecule has 0 bridgehead atoms. The number of hydrogen-bond donors (Lipinski definition) is 0. The number of carbonyl (C=O) groups is 1. The van der Waals surface area contributed by atoms with Gasteiger partial charge in [-0.05, 0) is 121 Å². The van der Waals surface area contributed by atoms with Crippen LogP contribution in [0.2, 0.25) is 0 Å². The zero-order chi connectivity index (χ0) is 19.6. The summed E-state index contributed by atoms with van der Waals surface area (Å²) in [7, 11) is 3.44. The van der Waals surface area contributed by atoms with Crippen LogP contribution in [0.1, 0.15) is 11.1 Å². The molecule has 1 amide bonds. The summed E-state index contributed by atoms with van der Waals surface area (Å²) in [6, 6.07) is 12.4. The molecule has 4 nitrogen and oxygen atoms in total. The Morgan fingerprint density at radius 3 is 2.33 bits per heavy atom. The van der Waals surface area contributed by atoms with Crippen molar-refractivity contribution in [3.05, 3.63) is 63.1 Å². The second kappa shape index (κ2) is 9.44. The molecule has 1 fully saturated rings. The van der Waals surface area contributed by atoms with Crippen LogP contribution in [0.15, 0.2) is 46.3 Å². The standard InChI is InChI=1S/C19H15I3N2O2S/c1-23-19-24(2)18(25)16(27-19)9-12-7-14(21)17(15(22)8-12)26-10-11-3-5-13(20)6-4-11/h3-9H,10H2,1-2H3/b16-9-,23-19?. The molecule has 0 unspecified atom stereocenters. The van der Waals surface area contributed by atoms with E-state index in [0.717, 1.165) is 24.0 Å². The number of nitrogens with zero attached hydrogens (tertiary/aromatic N) is 2. The van der Waals surface area contributed by atoms with Gasteiger partial charge in [0.05, 0.1) is 12.0 Å². The van der Waals surface area contributed by atoms with Crippen molar-refractivity contribution < 1.29 is 9.53 Å². The van der Waals surface area contributed by atoms with Crippen molar-refractivity contribution >= 4 is 96.7 Å². The first kappa shape index (κ1) is 21.4. The Kier molecular flexibility index (Phi) is 7.47. The number of benzene rings is 2. The second-order valence-corrected chi connectivity index (χ2v) is 10.3. The molecule has 0 aromatic heterocycles. The van der Waals surface area contributed by atoms with E-state index in [2.05, 4.69) is 97.0 Å². The average molecular weight is 716 g/mol. The molecule has 1 aliphatic heterocycles. The van der Waals surface area contributed by atoms with Crippen LogP contribution in [0.25, 0.3) is 6.08 Å². The Morgan fingerprint density at radius 1 is 1.15 bits per heavy atom. The number of halogens is 3. The van der Waals surface area contributed by atoms with Crippen LogP contribution in [0.3, 0.4) is 0 Å². The summed E-state index contributed by atoms with van der Waals surface area (Å²) in [5.74, 6) is 0.847. The lowest BCUT2D eigenvalue weighted by atomic mass is 10.2. The topological polar surface area (TPSA) is 41.9 Å².